The summed E-state index contributed by atoms with van der Waals surface area (Å²) in [6, 6.07) is 13.4. The van der Waals surface area contributed by atoms with E-state index in [0.717, 1.165) is 12.0 Å². The maximum absolute atomic E-state index is 13.1. The number of benzene rings is 1. The second-order valence-electron chi connectivity index (χ2n) is 7.76. The van der Waals surface area contributed by atoms with Crippen molar-refractivity contribution >= 4 is 32.6 Å². The summed E-state index contributed by atoms with van der Waals surface area (Å²) in [6.45, 7) is 1.27. The lowest BCUT2D eigenvalue weighted by atomic mass is 10.1. The highest BCUT2D eigenvalue weighted by Crippen LogP contribution is 2.31. The van der Waals surface area contributed by atoms with Crippen LogP contribution in [0.25, 0.3) is 10.4 Å². The molecule has 1 aromatic carbocycles. The van der Waals surface area contributed by atoms with Crippen LogP contribution in [0, 0.1) is 5.41 Å². The van der Waals surface area contributed by atoms with E-state index in [-0.39, 0.29) is 17.2 Å². The Morgan fingerprint density at radius 3 is 2.59 bits per heavy atom. The molecule has 3 aromatic rings. The van der Waals surface area contributed by atoms with Crippen LogP contribution in [0.3, 0.4) is 0 Å². The van der Waals surface area contributed by atoms with Gasteiger partial charge < -0.3 is 9.83 Å². The van der Waals surface area contributed by atoms with Crippen LogP contribution in [0.1, 0.15) is 17.1 Å². The molecule has 0 aliphatic heterocycles. The fraction of sp³-hybridized carbons (Fsp3) is 0.304. The lowest BCUT2D eigenvalue weighted by molar-refractivity contribution is -0.0605. The number of rotatable bonds is 10. The Bertz CT molecular complexity index is 1260. The van der Waals surface area contributed by atoms with Gasteiger partial charge in [-0.3, -0.25) is 9.89 Å². The first kappa shape index (κ1) is 25.9. The molecule has 0 fully saturated rings. The van der Waals surface area contributed by atoms with E-state index in [0.29, 0.717) is 28.4 Å². The van der Waals surface area contributed by atoms with Crippen molar-refractivity contribution in [1.29, 1.82) is 5.41 Å². The second kappa shape index (κ2) is 10.7. The molecule has 0 atom stereocenters. The van der Waals surface area contributed by atoms with Gasteiger partial charge in [0, 0.05) is 29.0 Å². The van der Waals surface area contributed by atoms with Crippen LogP contribution in [0.5, 0.6) is 0 Å². The van der Waals surface area contributed by atoms with Gasteiger partial charge in [0.15, 0.2) is 9.84 Å². The van der Waals surface area contributed by atoms with Gasteiger partial charge in [-0.1, -0.05) is 12.1 Å². The summed E-state index contributed by atoms with van der Waals surface area (Å²) < 4.78 is 68.2. The molecule has 0 aliphatic carbocycles. The smallest absolute Gasteiger partial charge is 0.429 e. The van der Waals surface area contributed by atoms with E-state index in [1.54, 1.807) is 36.6 Å². The SMILES string of the molecule is CN(CCN=C(CC(=N)C(F)(F)F)c1ccc(-c2cccc(S(C)(=O)=O)c2)s1)Cc1ccco1. The van der Waals surface area contributed by atoms with E-state index in [4.69, 9.17) is 9.83 Å². The predicted octanol–water partition coefficient (Wildman–Crippen LogP) is 5.30. The molecular formula is C23H24F3N3O3S2. The first-order chi connectivity index (χ1) is 15.9. The average molecular weight is 512 g/mol. The Morgan fingerprint density at radius 1 is 1.18 bits per heavy atom. The zero-order valence-corrected chi connectivity index (χ0v) is 20.2. The van der Waals surface area contributed by atoms with Gasteiger partial charge in [-0.2, -0.15) is 13.2 Å². The molecule has 34 heavy (non-hydrogen) atoms. The number of halogens is 3. The molecule has 182 valence electrons. The molecular weight excluding hydrogens is 487 g/mol. The number of likely N-dealkylation sites (N-methyl/N-ethyl adjacent to an activating group) is 1. The van der Waals surface area contributed by atoms with Gasteiger partial charge in [-0.15, -0.1) is 11.3 Å². The normalized spacial score (nSPS) is 12.9. The van der Waals surface area contributed by atoms with Crippen LogP contribution < -0.4 is 0 Å². The van der Waals surface area contributed by atoms with Crippen LogP contribution >= 0.6 is 11.3 Å². The van der Waals surface area contributed by atoms with Gasteiger partial charge in [0.05, 0.1) is 30.0 Å². The predicted molar refractivity (Wildman–Crippen MR) is 128 cm³/mol. The van der Waals surface area contributed by atoms with Gasteiger partial charge in [-0.25, -0.2) is 8.42 Å². The highest BCUT2D eigenvalue weighted by Gasteiger charge is 2.35. The summed E-state index contributed by atoms with van der Waals surface area (Å²) >= 11 is 1.21. The average Bonchev–Trinajstić information content (AvgIpc) is 3.44. The Morgan fingerprint density at radius 2 is 1.94 bits per heavy atom. The highest BCUT2D eigenvalue weighted by molar-refractivity contribution is 7.90. The maximum atomic E-state index is 13.1. The lowest BCUT2D eigenvalue weighted by Crippen LogP contribution is -2.25. The molecule has 2 aromatic heterocycles. The van der Waals surface area contributed by atoms with E-state index < -0.39 is 28.1 Å². The minimum absolute atomic E-state index is 0.160. The summed E-state index contributed by atoms with van der Waals surface area (Å²) in [5, 5.41) is 7.45. The number of sulfone groups is 1. The second-order valence-corrected chi connectivity index (χ2v) is 10.9. The summed E-state index contributed by atoms with van der Waals surface area (Å²) in [4.78, 5) is 7.69. The van der Waals surface area contributed by atoms with Crippen molar-refractivity contribution in [2.75, 3.05) is 26.4 Å². The van der Waals surface area contributed by atoms with Crippen molar-refractivity contribution in [3.05, 3.63) is 65.4 Å². The quantitative estimate of drug-likeness (QED) is 0.374. The van der Waals surface area contributed by atoms with Crippen molar-refractivity contribution in [2.24, 2.45) is 4.99 Å². The summed E-state index contributed by atoms with van der Waals surface area (Å²) in [5.41, 5.74) is -0.559. The third-order valence-electron chi connectivity index (χ3n) is 4.91. The van der Waals surface area contributed by atoms with Crippen LogP contribution in [0.4, 0.5) is 13.2 Å². The van der Waals surface area contributed by atoms with Gasteiger partial charge >= 0.3 is 6.18 Å². The van der Waals surface area contributed by atoms with Gasteiger partial charge in [0.25, 0.3) is 0 Å². The third-order valence-corrected chi connectivity index (χ3v) is 7.21. The first-order valence-corrected chi connectivity index (χ1v) is 12.9. The zero-order valence-electron chi connectivity index (χ0n) is 18.6. The molecule has 0 saturated heterocycles. The lowest BCUT2D eigenvalue weighted by Gasteiger charge is -2.14. The zero-order chi connectivity index (χ0) is 24.9. The van der Waals surface area contributed by atoms with Crippen molar-refractivity contribution in [3.63, 3.8) is 0 Å². The standard InChI is InChI=1S/C23H24F3N3O3S2/c1-29(15-17-6-4-12-32-17)11-10-28-19(14-22(27)23(24,25)26)21-9-8-20(33-21)16-5-3-7-18(13-16)34(2,30)31/h3-9,12-13,27H,10-11,14-15H2,1-2H3. The van der Waals surface area contributed by atoms with E-state index in [9.17, 15) is 21.6 Å². The van der Waals surface area contributed by atoms with Gasteiger partial charge in [-0.05, 0) is 49.0 Å². The minimum atomic E-state index is -4.74. The largest absolute Gasteiger partial charge is 0.468 e. The molecule has 6 nitrogen and oxygen atoms in total. The number of hydrogen-bond acceptors (Lipinski definition) is 7. The first-order valence-electron chi connectivity index (χ1n) is 10.2. The topological polar surface area (TPSA) is 86.7 Å². The third kappa shape index (κ3) is 7.12. The van der Waals surface area contributed by atoms with E-state index in [2.05, 4.69) is 4.99 Å². The molecule has 3 rings (SSSR count). The van der Waals surface area contributed by atoms with E-state index in [1.165, 1.54) is 23.5 Å². The number of furan rings is 1. The summed E-state index contributed by atoms with van der Waals surface area (Å²) in [6.07, 6.45) is -2.69. The maximum Gasteiger partial charge on any atom is 0.429 e. The van der Waals surface area contributed by atoms with Crippen LogP contribution in [0.2, 0.25) is 0 Å². The molecule has 0 amide bonds. The molecule has 0 spiro atoms. The van der Waals surface area contributed by atoms with Crippen molar-refractivity contribution in [1.82, 2.24) is 4.90 Å². The van der Waals surface area contributed by atoms with Gasteiger partial charge in [0.2, 0.25) is 0 Å². The highest BCUT2D eigenvalue weighted by atomic mass is 32.2. The van der Waals surface area contributed by atoms with Crippen LogP contribution in [0.15, 0.2) is 69.1 Å². The van der Waals surface area contributed by atoms with E-state index in [1.807, 2.05) is 18.0 Å². The number of aliphatic imine (C=N–C) groups is 1. The molecule has 0 bridgehead atoms. The molecule has 0 aliphatic rings. The van der Waals surface area contributed by atoms with Crippen molar-refractivity contribution in [3.8, 4) is 10.4 Å². The van der Waals surface area contributed by atoms with Gasteiger partial charge in [0.1, 0.15) is 11.5 Å². The summed E-state index contributed by atoms with van der Waals surface area (Å²) in [7, 11) is -1.54. The number of thiophene rings is 1. The summed E-state index contributed by atoms with van der Waals surface area (Å²) in [5.74, 6) is 0.768. The molecule has 0 saturated carbocycles. The Labute approximate surface area is 200 Å². The number of hydrogen-bond donors (Lipinski definition) is 1. The molecule has 1 N–H and O–H groups in total. The monoisotopic (exact) mass is 511 g/mol. The van der Waals surface area contributed by atoms with Crippen LogP contribution in [-0.2, 0) is 16.4 Å². The number of alkyl halides is 3. The number of nitrogens with zero attached hydrogens (tertiary/aromatic N) is 2. The van der Waals surface area contributed by atoms with Crippen molar-refractivity contribution in [2.45, 2.75) is 24.0 Å². The van der Waals surface area contributed by atoms with E-state index >= 15 is 0 Å². The molecule has 11 heteroatoms. The minimum Gasteiger partial charge on any atom is -0.468 e. The van der Waals surface area contributed by atoms with Crippen LogP contribution in [-0.4, -0.2) is 57.3 Å². The fourth-order valence-corrected chi connectivity index (χ4v) is 4.80. The number of nitrogens with one attached hydrogen (secondary N) is 1. The Balaban J connectivity index is 1.81. The molecule has 2 heterocycles. The molecule has 0 radical (unpaired) electrons. The van der Waals surface area contributed by atoms with Crippen molar-refractivity contribution < 1.29 is 26.0 Å². The Hall–Kier alpha value is -2.76. The Kier molecular flexibility index (Phi) is 8.11. The molecule has 0 unspecified atom stereocenters. The fourth-order valence-electron chi connectivity index (χ4n) is 3.12.